The molecule has 1 amide bonds. The van der Waals surface area contributed by atoms with E-state index < -0.39 is 0 Å². The molecule has 1 aliphatic rings. The van der Waals surface area contributed by atoms with Crippen LogP contribution >= 0.6 is 0 Å². The molecule has 1 aliphatic heterocycles. The molecule has 3 N–H and O–H groups in total. The molecular formula is C14H21N3O3. The zero-order chi connectivity index (χ0) is 14.4. The molecule has 2 rings (SSSR count). The summed E-state index contributed by atoms with van der Waals surface area (Å²) in [5.74, 6) is 1.31. The van der Waals surface area contributed by atoms with Crippen molar-refractivity contribution < 1.29 is 14.3 Å². The molecule has 1 atom stereocenters. The Morgan fingerprint density at radius 2 is 2.20 bits per heavy atom. The van der Waals surface area contributed by atoms with Gasteiger partial charge in [-0.15, -0.1) is 0 Å². The summed E-state index contributed by atoms with van der Waals surface area (Å²) in [6, 6.07) is 5.44. The van der Waals surface area contributed by atoms with Gasteiger partial charge in [0.1, 0.15) is 0 Å². The van der Waals surface area contributed by atoms with E-state index in [1.165, 1.54) is 0 Å². The van der Waals surface area contributed by atoms with Gasteiger partial charge < -0.3 is 25.4 Å². The van der Waals surface area contributed by atoms with E-state index in [9.17, 15) is 4.79 Å². The van der Waals surface area contributed by atoms with Crippen molar-refractivity contribution >= 4 is 5.91 Å². The Bertz CT molecular complexity index is 459. The van der Waals surface area contributed by atoms with Crippen molar-refractivity contribution in [3.63, 3.8) is 0 Å². The number of hydrogen-bond donors (Lipinski definition) is 3. The maximum Gasteiger partial charge on any atom is 0.238 e. The quantitative estimate of drug-likeness (QED) is 0.701. The first-order valence-electron chi connectivity index (χ1n) is 6.68. The fourth-order valence-electron chi connectivity index (χ4n) is 2.24. The van der Waals surface area contributed by atoms with Crippen LogP contribution < -0.4 is 25.4 Å². The molecule has 20 heavy (non-hydrogen) atoms. The molecule has 1 saturated heterocycles. The Balaban J connectivity index is 1.98. The summed E-state index contributed by atoms with van der Waals surface area (Å²) in [7, 11) is 3.19. The second kappa shape index (κ2) is 7.12. The first kappa shape index (κ1) is 14.6. The largest absolute Gasteiger partial charge is 0.493 e. The average Bonchev–Trinajstić information content (AvgIpc) is 2.52. The van der Waals surface area contributed by atoms with Crippen LogP contribution in [0.4, 0.5) is 0 Å². The van der Waals surface area contributed by atoms with Gasteiger partial charge in [-0.2, -0.15) is 0 Å². The number of carbonyl (C=O) groups is 1. The van der Waals surface area contributed by atoms with Crippen LogP contribution in [0.25, 0.3) is 0 Å². The fourth-order valence-corrected chi connectivity index (χ4v) is 2.24. The molecule has 1 heterocycles. The van der Waals surface area contributed by atoms with Gasteiger partial charge in [0.25, 0.3) is 0 Å². The van der Waals surface area contributed by atoms with Crippen LogP contribution in [0.5, 0.6) is 11.5 Å². The molecule has 0 aromatic heterocycles. The van der Waals surface area contributed by atoms with Crippen LogP contribution in [-0.4, -0.2) is 45.8 Å². The second-order valence-electron chi connectivity index (χ2n) is 4.58. The van der Waals surface area contributed by atoms with Crippen LogP contribution in [0, 0.1) is 0 Å². The average molecular weight is 279 g/mol. The lowest BCUT2D eigenvalue weighted by atomic mass is 10.1. The van der Waals surface area contributed by atoms with E-state index in [0.717, 1.165) is 18.7 Å². The highest BCUT2D eigenvalue weighted by Gasteiger charge is 2.20. The van der Waals surface area contributed by atoms with Crippen molar-refractivity contribution in [2.75, 3.05) is 33.9 Å². The Kier molecular flexibility index (Phi) is 5.20. The molecule has 0 aliphatic carbocycles. The molecule has 6 nitrogen and oxygen atoms in total. The number of ether oxygens (including phenoxy) is 2. The number of amides is 1. The maximum atomic E-state index is 12.0. The first-order chi connectivity index (χ1) is 9.76. The highest BCUT2D eigenvalue weighted by Crippen LogP contribution is 2.30. The van der Waals surface area contributed by atoms with Gasteiger partial charge in [-0.3, -0.25) is 4.79 Å². The third-order valence-electron chi connectivity index (χ3n) is 3.30. The Hall–Kier alpha value is -1.79. The molecule has 1 unspecified atom stereocenters. The van der Waals surface area contributed by atoms with Crippen molar-refractivity contribution in [1.82, 2.24) is 16.0 Å². The SMILES string of the molecule is COc1cccc(CNC(=O)C2CNCCN2)c1OC. The van der Waals surface area contributed by atoms with Crippen molar-refractivity contribution in [3.05, 3.63) is 23.8 Å². The molecule has 6 heteroatoms. The van der Waals surface area contributed by atoms with E-state index in [2.05, 4.69) is 16.0 Å². The van der Waals surface area contributed by atoms with Gasteiger partial charge in [-0.1, -0.05) is 12.1 Å². The van der Waals surface area contributed by atoms with Crippen LogP contribution in [0.2, 0.25) is 0 Å². The van der Waals surface area contributed by atoms with Crippen LogP contribution in [0.1, 0.15) is 5.56 Å². The standard InChI is InChI=1S/C14H21N3O3/c1-19-12-5-3-4-10(13(12)20-2)8-17-14(18)11-9-15-6-7-16-11/h3-5,11,15-16H,6-9H2,1-2H3,(H,17,18). The molecule has 0 bridgehead atoms. The summed E-state index contributed by atoms with van der Waals surface area (Å²) >= 11 is 0. The van der Waals surface area contributed by atoms with E-state index >= 15 is 0 Å². The smallest absolute Gasteiger partial charge is 0.238 e. The molecule has 110 valence electrons. The lowest BCUT2D eigenvalue weighted by Crippen LogP contribution is -2.55. The first-order valence-corrected chi connectivity index (χ1v) is 6.68. The summed E-state index contributed by atoms with van der Waals surface area (Å²) in [5, 5.41) is 9.28. The van der Waals surface area contributed by atoms with Gasteiger partial charge in [-0.05, 0) is 6.07 Å². The Labute approximate surface area is 118 Å². The molecule has 1 aromatic carbocycles. The predicted octanol–water partition coefficient (Wildman–Crippen LogP) is -0.119. The van der Waals surface area contributed by atoms with E-state index in [-0.39, 0.29) is 11.9 Å². The van der Waals surface area contributed by atoms with Gasteiger partial charge in [0, 0.05) is 31.7 Å². The minimum Gasteiger partial charge on any atom is -0.493 e. The number of hydrogen-bond acceptors (Lipinski definition) is 5. The number of rotatable bonds is 5. The number of piperazine rings is 1. The second-order valence-corrected chi connectivity index (χ2v) is 4.58. The number of nitrogens with one attached hydrogen (secondary N) is 3. The van der Waals surface area contributed by atoms with Gasteiger partial charge in [-0.25, -0.2) is 0 Å². The summed E-state index contributed by atoms with van der Waals surface area (Å²) < 4.78 is 10.6. The third kappa shape index (κ3) is 3.40. The predicted molar refractivity (Wildman–Crippen MR) is 76.1 cm³/mol. The lowest BCUT2D eigenvalue weighted by Gasteiger charge is -2.23. The molecule has 0 saturated carbocycles. The van der Waals surface area contributed by atoms with Gasteiger partial charge in [0.15, 0.2) is 11.5 Å². The zero-order valence-electron chi connectivity index (χ0n) is 11.9. The highest BCUT2D eigenvalue weighted by molar-refractivity contribution is 5.82. The molecular weight excluding hydrogens is 258 g/mol. The van der Waals surface area contributed by atoms with Crippen molar-refractivity contribution in [1.29, 1.82) is 0 Å². The van der Waals surface area contributed by atoms with Crippen LogP contribution in [-0.2, 0) is 11.3 Å². The monoisotopic (exact) mass is 279 g/mol. The maximum absolute atomic E-state index is 12.0. The minimum atomic E-state index is -0.180. The normalized spacial score (nSPS) is 18.4. The molecule has 1 aromatic rings. The third-order valence-corrected chi connectivity index (χ3v) is 3.30. The minimum absolute atomic E-state index is 0.0120. The van der Waals surface area contributed by atoms with Crippen molar-refractivity contribution in [2.45, 2.75) is 12.6 Å². The van der Waals surface area contributed by atoms with E-state index in [1.54, 1.807) is 14.2 Å². The van der Waals surface area contributed by atoms with Crippen molar-refractivity contribution in [2.24, 2.45) is 0 Å². The van der Waals surface area contributed by atoms with Crippen molar-refractivity contribution in [3.8, 4) is 11.5 Å². The molecule has 0 spiro atoms. The Morgan fingerprint density at radius 3 is 2.85 bits per heavy atom. The van der Waals surface area contributed by atoms with E-state index in [4.69, 9.17) is 9.47 Å². The van der Waals surface area contributed by atoms with E-state index in [0.29, 0.717) is 24.6 Å². The number of para-hydroxylation sites is 1. The number of benzene rings is 1. The van der Waals surface area contributed by atoms with Gasteiger partial charge >= 0.3 is 0 Å². The topological polar surface area (TPSA) is 71.6 Å². The van der Waals surface area contributed by atoms with Crippen LogP contribution in [0.3, 0.4) is 0 Å². The lowest BCUT2D eigenvalue weighted by molar-refractivity contribution is -0.123. The summed E-state index contributed by atoms with van der Waals surface area (Å²) in [6.07, 6.45) is 0. The van der Waals surface area contributed by atoms with E-state index in [1.807, 2.05) is 18.2 Å². The summed E-state index contributed by atoms with van der Waals surface area (Å²) in [5.41, 5.74) is 0.893. The van der Waals surface area contributed by atoms with Gasteiger partial charge in [0.05, 0.1) is 20.3 Å². The molecule has 1 fully saturated rings. The Morgan fingerprint density at radius 1 is 1.35 bits per heavy atom. The number of carbonyl (C=O) groups excluding carboxylic acids is 1. The summed E-state index contributed by atoms with van der Waals surface area (Å²) in [4.78, 5) is 12.0. The summed E-state index contributed by atoms with van der Waals surface area (Å²) in [6.45, 7) is 2.77. The van der Waals surface area contributed by atoms with Crippen LogP contribution in [0.15, 0.2) is 18.2 Å². The highest BCUT2D eigenvalue weighted by atomic mass is 16.5. The van der Waals surface area contributed by atoms with Gasteiger partial charge in [0.2, 0.25) is 5.91 Å². The number of methoxy groups -OCH3 is 2. The molecule has 0 radical (unpaired) electrons. The fraction of sp³-hybridized carbons (Fsp3) is 0.500. The zero-order valence-corrected chi connectivity index (χ0v) is 11.9.